The molecule has 1 saturated heterocycles. The Balaban J connectivity index is 1.71. The number of ketones is 1. The predicted molar refractivity (Wildman–Crippen MR) is 130 cm³/mol. The van der Waals surface area contributed by atoms with E-state index < -0.39 is 34.2 Å². The number of hydrogen-bond donors (Lipinski definition) is 1. The highest BCUT2D eigenvalue weighted by atomic mass is 32.1. The summed E-state index contributed by atoms with van der Waals surface area (Å²) < 4.78 is 19.4. The van der Waals surface area contributed by atoms with Crippen LogP contribution in [0.4, 0.5) is 15.2 Å². The molecule has 1 fully saturated rings. The van der Waals surface area contributed by atoms with E-state index >= 15 is 0 Å². The molecule has 11 heteroatoms. The van der Waals surface area contributed by atoms with Crippen LogP contribution in [0, 0.1) is 15.9 Å². The van der Waals surface area contributed by atoms with E-state index in [9.17, 15) is 29.2 Å². The summed E-state index contributed by atoms with van der Waals surface area (Å²) in [4.78, 5) is 42.7. The number of nitro groups is 1. The number of aromatic nitrogens is 1. The fraction of sp³-hybridized carbons (Fsp3) is 0.0800. The molecular formula is C25H16FN3O6S. The Morgan fingerprint density at radius 1 is 1.11 bits per heavy atom. The lowest BCUT2D eigenvalue weighted by Crippen LogP contribution is -2.29. The number of nitro benzene ring substituents is 1. The standard InChI is InChI=1S/C25H16FN3O6S/c1-35-17-10-11-18-19(12-17)36-25(27-18)28-21(13-4-8-16(9-5-13)29(33)34)20(23(31)24(28)32)22(30)14-2-6-15(26)7-3-14/h2-12,21,30H,1H3/t21-/m1/s1. The topological polar surface area (TPSA) is 123 Å². The molecule has 4 aromatic rings. The van der Waals surface area contributed by atoms with Gasteiger partial charge in [-0.1, -0.05) is 11.3 Å². The number of non-ortho nitro benzene ring substituents is 1. The number of aliphatic hydroxyl groups excluding tert-OH is 1. The van der Waals surface area contributed by atoms with Crippen molar-refractivity contribution in [2.45, 2.75) is 6.04 Å². The van der Waals surface area contributed by atoms with Crippen molar-refractivity contribution in [3.63, 3.8) is 0 Å². The van der Waals surface area contributed by atoms with E-state index in [1.54, 1.807) is 18.2 Å². The lowest BCUT2D eigenvalue weighted by atomic mass is 9.95. The molecule has 1 aliphatic heterocycles. The number of halogens is 1. The van der Waals surface area contributed by atoms with E-state index in [0.717, 1.165) is 28.4 Å². The molecule has 36 heavy (non-hydrogen) atoms. The number of carbonyl (C=O) groups is 2. The number of thiazole rings is 1. The summed E-state index contributed by atoms with van der Waals surface area (Å²) >= 11 is 1.15. The van der Waals surface area contributed by atoms with Crippen molar-refractivity contribution in [2.75, 3.05) is 12.0 Å². The SMILES string of the molecule is COc1ccc2nc(N3C(=O)C(=O)C(=C(O)c4ccc(F)cc4)[C@H]3c3ccc([N+](=O)[O-])cc3)sc2c1. The van der Waals surface area contributed by atoms with Crippen LogP contribution in [0.25, 0.3) is 16.0 Å². The first kappa shape index (κ1) is 23.1. The largest absolute Gasteiger partial charge is 0.507 e. The average molecular weight is 505 g/mol. The Morgan fingerprint density at radius 3 is 2.44 bits per heavy atom. The van der Waals surface area contributed by atoms with Gasteiger partial charge in [0.1, 0.15) is 17.3 Å². The van der Waals surface area contributed by atoms with E-state index in [1.165, 1.54) is 43.5 Å². The third kappa shape index (κ3) is 3.85. The first-order valence-corrected chi connectivity index (χ1v) is 11.4. The minimum Gasteiger partial charge on any atom is -0.507 e. The molecule has 1 amide bonds. The third-order valence-electron chi connectivity index (χ3n) is 5.77. The number of Topliss-reactive ketones (excluding diaryl/α,β-unsaturated/α-hetero) is 1. The van der Waals surface area contributed by atoms with E-state index in [4.69, 9.17) is 4.74 Å². The Labute approximate surface area is 206 Å². The van der Waals surface area contributed by atoms with Crippen molar-refractivity contribution in [1.29, 1.82) is 0 Å². The Bertz CT molecular complexity index is 1560. The van der Waals surface area contributed by atoms with Gasteiger partial charge in [0.2, 0.25) is 0 Å². The molecule has 1 atom stereocenters. The summed E-state index contributed by atoms with van der Waals surface area (Å²) in [5, 5.41) is 22.4. The highest BCUT2D eigenvalue weighted by molar-refractivity contribution is 7.22. The van der Waals surface area contributed by atoms with Crippen LogP contribution in [0.2, 0.25) is 0 Å². The number of fused-ring (bicyclic) bond motifs is 1. The molecule has 1 aliphatic rings. The predicted octanol–water partition coefficient (Wildman–Crippen LogP) is 4.98. The fourth-order valence-electron chi connectivity index (χ4n) is 4.01. The summed E-state index contributed by atoms with van der Waals surface area (Å²) in [7, 11) is 1.52. The van der Waals surface area contributed by atoms with Crippen molar-refractivity contribution in [1.82, 2.24) is 4.98 Å². The maximum Gasteiger partial charge on any atom is 0.301 e. The van der Waals surface area contributed by atoms with E-state index in [-0.39, 0.29) is 22.0 Å². The number of amides is 1. The molecule has 0 spiro atoms. The number of carbonyl (C=O) groups excluding carboxylic acids is 2. The number of anilines is 1. The molecular weight excluding hydrogens is 489 g/mol. The number of aliphatic hydroxyl groups is 1. The highest BCUT2D eigenvalue weighted by Crippen LogP contribution is 2.44. The zero-order valence-electron chi connectivity index (χ0n) is 18.5. The maximum atomic E-state index is 13.5. The number of ether oxygens (including phenoxy) is 1. The number of nitrogens with zero attached hydrogens (tertiary/aromatic N) is 3. The fourth-order valence-corrected chi connectivity index (χ4v) is 5.03. The summed E-state index contributed by atoms with van der Waals surface area (Å²) in [5.74, 6) is -2.33. The molecule has 2 heterocycles. The molecule has 0 saturated carbocycles. The number of methoxy groups -OCH3 is 1. The minimum atomic E-state index is -1.13. The molecule has 0 radical (unpaired) electrons. The van der Waals surface area contributed by atoms with Crippen LogP contribution in [0.1, 0.15) is 17.2 Å². The molecule has 180 valence electrons. The first-order chi connectivity index (χ1) is 17.3. The highest BCUT2D eigenvalue weighted by Gasteiger charge is 2.48. The molecule has 0 aliphatic carbocycles. The van der Waals surface area contributed by atoms with Gasteiger partial charge >= 0.3 is 5.91 Å². The monoisotopic (exact) mass is 505 g/mol. The summed E-state index contributed by atoms with van der Waals surface area (Å²) in [5.41, 5.74) is 0.632. The molecule has 9 nitrogen and oxygen atoms in total. The maximum absolute atomic E-state index is 13.5. The summed E-state index contributed by atoms with van der Waals surface area (Å²) in [6.45, 7) is 0. The molecule has 3 aromatic carbocycles. The van der Waals surface area contributed by atoms with Crippen LogP contribution in [0.5, 0.6) is 5.75 Å². The number of hydrogen-bond acceptors (Lipinski definition) is 8. The molecule has 0 bridgehead atoms. The zero-order chi connectivity index (χ0) is 25.6. The Morgan fingerprint density at radius 2 is 1.81 bits per heavy atom. The molecule has 1 N–H and O–H groups in total. The van der Waals surface area contributed by atoms with Gasteiger partial charge in [0.25, 0.3) is 11.5 Å². The van der Waals surface area contributed by atoms with E-state index in [0.29, 0.717) is 21.5 Å². The van der Waals surface area contributed by atoms with Gasteiger partial charge in [0.05, 0.1) is 33.9 Å². The van der Waals surface area contributed by atoms with Gasteiger partial charge < -0.3 is 9.84 Å². The van der Waals surface area contributed by atoms with E-state index in [2.05, 4.69) is 4.98 Å². The van der Waals surface area contributed by atoms with Gasteiger partial charge in [-0.05, 0) is 60.2 Å². The Kier molecular flexibility index (Phi) is 5.69. The van der Waals surface area contributed by atoms with Crippen LogP contribution >= 0.6 is 11.3 Å². The van der Waals surface area contributed by atoms with Crippen LogP contribution < -0.4 is 9.64 Å². The van der Waals surface area contributed by atoms with Crippen LogP contribution in [-0.4, -0.2) is 33.8 Å². The first-order valence-electron chi connectivity index (χ1n) is 10.5. The molecule has 5 rings (SSSR count). The lowest BCUT2D eigenvalue weighted by molar-refractivity contribution is -0.384. The van der Waals surface area contributed by atoms with Gasteiger partial charge in [0.15, 0.2) is 5.13 Å². The number of benzene rings is 3. The number of rotatable bonds is 5. The second-order valence-corrected chi connectivity index (χ2v) is 8.86. The van der Waals surface area contributed by atoms with Crippen molar-refractivity contribution < 1.29 is 28.7 Å². The molecule has 1 aromatic heterocycles. The van der Waals surface area contributed by atoms with Crippen molar-refractivity contribution in [3.8, 4) is 5.75 Å². The minimum absolute atomic E-state index is 0.135. The van der Waals surface area contributed by atoms with Gasteiger partial charge in [-0.2, -0.15) is 0 Å². The van der Waals surface area contributed by atoms with Crippen molar-refractivity contribution in [3.05, 3.63) is 99.4 Å². The molecule has 0 unspecified atom stereocenters. The second kappa shape index (κ2) is 8.86. The van der Waals surface area contributed by atoms with Gasteiger partial charge in [-0.25, -0.2) is 9.37 Å². The normalized spacial score (nSPS) is 17.1. The van der Waals surface area contributed by atoms with Crippen LogP contribution in [0.3, 0.4) is 0 Å². The van der Waals surface area contributed by atoms with Crippen molar-refractivity contribution >= 4 is 49.8 Å². The summed E-state index contributed by atoms with van der Waals surface area (Å²) in [6, 6.07) is 14.2. The van der Waals surface area contributed by atoms with E-state index in [1.807, 2.05) is 0 Å². The van der Waals surface area contributed by atoms with Crippen LogP contribution in [-0.2, 0) is 9.59 Å². The average Bonchev–Trinajstić information content (AvgIpc) is 3.41. The Hall–Kier alpha value is -4.64. The zero-order valence-corrected chi connectivity index (χ0v) is 19.4. The van der Waals surface area contributed by atoms with Crippen molar-refractivity contribution in [2.24, 2.45) is 0 Å². The summed E-state index contributed by atoms with van der Waals surface area (Å²) in [6.07, 6.45) is 0. The quantitative estimate of drug-likeness (QED) is 0.133. The van der Waals surface area contributed by atoms with Crippen LogP contribution in [0.15, 0.2) is 72.3 Å². The second-order valence-electron chi connectivity index (χ2n) is 7.85. The third-order valence-corrected chi connectivity index (χ3v) is 6.79. The van der Waals surface area contributed by atoms with Gasteiger partial charge in [-0.3, -0.25) is 24.6 Å². The van der Waals surface area contributed by atoms with Gasteiger partial charge in [0, 0.05) is 17.7 Å². The smallest absolute Gasteiger partial charge is 0.301 e. The lowest BCUT2D eigenvalue weighted by Gasteiger charge is -2.22. The van der Waals surface area contributed by atoms with Gasteiger partial charge in [-0.15, -0.1) is 0 Å².